The summed E-state index contributed by atoms with van der Waals surface area (Å²) in [4.78, 5) is 21.3. The second-order valence-electron chi connectivity index (χ2n) is 7.09. The van der Waals surface area contributed by atoms with Crippen LogP contribution in [0.5, 0.6) is 0 Å². The van der Waals surface area contributed by atoms with Crippen LogP contribution in [0.15, 0.2) is 29.3 Å². The van der Waals surface area contributed by atoms with E-state index in [4.69, 9.17) is 16.6 Å². The highest BCUT2D eigenvalue weighted by atomic mass is 35.5. The Morgan fingerprint density at radius 1 is 1.27 bits per heavy atom. The standard InChI is InChI=1S/C19H30ClN5O/c1-5-22-18(23-14-19(2,3)17(26)21-4)25-11-9-24(10-12-25)16-8-6-7-15(20)13-16/h6-8,13H,5,9-12,14H2,1-4H3,(H,21,26)(H,22,23). The molecule has 0 atom stereocenters. The molecule has 0 radical (unpaired) electrons. The van der Waals surface area contributed by atoms with E-state index in [-0.39, 0.29) is 5.91 Å². The lowest BCUT2D eigenvalue weighted by Crippen LogP contribution is -2.53. The Morgan fingerprint density at radius 3 is 2.54 bits per heavy atom. The third kappa shape index (κ3) is 5.27. The maximum atomic E-state index is 12.0. The Kier molecular flexibility index (Phi) is 7.14. The summed E-state index contributed by atoms with van der Waals surface area (Å²) in [6, 6.07) is 7.97. The molecule has 1 aromatic rings. The van der Waals surface area contributed by atoms with E-state index in [1.165, 1.54) is 0 Å². The quantitative estimate of drug-likeness (QED) is 0.608. The van der Waals surface area contributed by atoms with Crippen LogP contribution < -0.4 is 15.5 Å². The minimum atomic E-state index is -0.530. The second kappa shape index (κ2) is 9.12. The van der Waals surface area contributed by atoms with Gasteiger partial charge in [-0.3, -0.25) is 9.79 Å². The molecule has 0 unspecified atom stereocenters. The maximum absolute atomic E-state index is 12.0. The smallest absolute Gasteiger partial charge is 0.227 e. The van der Waals surface area contributed by atoms with E-state index in [1.54, 1.807) is 7.05 Å². The van der Waals surface area contributed by atoms with Crippen molar-refractivity contribution in [1.82, 2.24) is 15.5 Å². The van der Waals surface area contributed by atoms with E-state index in [2.05, 4.69) is 33.4 Å². The zero-order valence-electron chi connectivity index (χ0n) is 16.2. The molecular formula is C19H30ClN5O. The van der Waals surface area contributed by atoms with Crippen LogP contribution in [0.3, 0.4) is 0 Å². The van der Waals surface area contributed by atoms with Crippen molar-refractivity contribution >= 4 is 29.2 Å². The van der Waals surface area contributed by atoms with Gasteiger partial charge in [-0.1, -0.05) is 17.7 Å². The van der Waals surface area contributed by atoms with Crippen molar-refractivity contribution in [3.05, 3.63) is 29.3 Å². The highest BCUT2D eigenvalue weighted by molar-refractivity contribution is 6.30. The number of carbonyl (C=O) groups is 1. The third-order valence-corrected chi connectivity index (χ3v) is 4.79. The van der Waals surface area contributed by atoms with Crippen LogP contribution in [0.4, 0.5) is 5.69 Å². The lowest BCUT2D eigenvalue weighted by atomic mass is 9.93. The molecule has 0 aromatic heterocycles. The fourth-order valence-corrected chi connectivity index (χ4v) is 3.14. The van der Waals surface area contributed by atoms with Crippen molar-refractivity contribution in [2.75, 3.05) is 51.2 Å². The molecule has 1 amide bonds. The first kappa shape index (κ1) is 20.4. The molecule has 1 fully saturated rings. The number of benzene rings is 1. The Labute approximate surface area is 161 Å². The molecular weight excluding hydrogens is 350 g/mol. The van der Waals surface area contributed by atoms with E-state index in [1.807, 2.05) is 32.0 Å². The number of hydrogen-bond donors (Lipinski definition) is 2. The van der Waals surface area contributed by atoms with Crippen LogP contribution in [-0.2, 0) is 4.79 Å². The van der Waals surface area contributed by atoms with Crippen LogP contribution in [0.25, 0.3) is 0 Å². The number of amides is 1. The first-order valence-electron chi connectivity index (χ1n) is 9.13. The summed E-state index contributed by atoms with van der Waals surface area (Å²) in [5.74, 6) is 0.873. The number of piperazine rings is 1. The number of nitrogens with zero attached hydrogens (tertiary/aromatic N) is 3. The molecule has 26 heavy (non-hydrogen) atoms. The summed E-state index contributed by atoms with van der Waals surface area (Å²) in [5, 5.41) is 6.82. The van der Waals surface area contributed by atoms with Crippen molar-refractivity contribution < 1.29 is 4.79 Å². The molecule has 1 saturated heterocycles. The number of rotatable bonds is 5. The molecule has 2 N–H and O–H groups in total. The van der Waals surface area contributed by atoms with Crippen molar-refractivity contribution in [2.45, 2.75) is 20.8 Å². The minimum Gasteiger partial charge on any atom is -0.368 e. The first-order chi connectivity index (χ1) is 12.4. The second-order valence-corrected chi connectivity index (χ2v) is 7.52. The maximum Gasteiger partial charge on any atom is 0.227 e. The van der Waals surface area contributed by atoms with Gasteiger partial charge in [-0.2, -0.15) is 0 Å². The van der Waals surface area contributed by atoms with Gasteiger partial charge in [0.25, 0.3) is 0 Å². The van der Waals surface area contributed by atoms with Gasteiger partial charge in [0.2, 0.25) is 5.91 Å². The third-order valence-electron chi connectivity index (χ3n) is 4.55. The van der Waals surface area contributed by atoms with E-state index in [0.29, 0.717) is 6.54 Å². The molecule has 1 aliphatic heterocycles. The Bertz CT molecular complexity index is 639. The van der Waals surface area contributed by atoms with E-state index >= 15 is 0 Å². The normalized spacial score (nSPS) is 15.8. The van der Waals surface area contributed by atoms with Crippen molar-refractivity contribution in [1.29, 1.82) is 0 Å². The molecule has 7 heteroatoms. The SMILES string of the molecule is CCNC(=NCC(C)(C)C(=O)NC)N1CCN(c2cccc(Cl)c2)CC1. The van der Waals surface area contributed by atoms with Crippen molar-refractivity contribution in [3.8, 4) is 0 Å². The van der Waals surface area contributed by atoms with E-state index in [0.717, 1.165) is 49.4 Å². The Hall–Kier alpha value is -1.95. The predicted molar refractivity (Wildman–Crippen MR) is 109 cm³/mol. The molecule has 144 valence electrons. The summed E-state index contributed by atoms with van der Waals surface area (Å²) < 4.78 is 0. The largest absolute Gasteiger partial charge is 0.368 e. The van der Waals surface area contributed by atoms with Gasteiger partial charge in [-0.05, 0) is 39.0 Å². The number of nitrogens with one attached hydrogen (secondary N) is 2. The zero-order valence-corrected chi connectivity index (χ0v) is 16.9. The molecule has 0 bridgehead atoms. The van der Waals surface area contributed by atoms with Crippen LogP contribution >= 0.6 is 11.6 Å². The number of carbonyl (C=O) groups excluding carboxylic acids is 1. The van der Waals surface area contributed by atoms with Crippen LogP contribution in [0.1, 0.15) is 20.8 Å². The average molecular weight is 380 g/mol. The highest BCUT2D eigenvalue weighted by Crippen LogP contribution is 2.21. The van der Waals surface area contributed by atoms with Crippen LogP contribution in [0, 0.1) is 5.41 Å². The minimum absolute atomic E-state index is 0.00266. The molecule has 0 aliphatic carbocycles. The zero-order chi connectivity index (χ0) is 19.2. The number of halogens is 1. The van der Waals surface area contributed by atoms with Crippen LogP contribution in [-0.4, -0.2) is 63.1 Å². The van der Waals surface area contributed by atoms with Crippen molar-refractivity contribution in [2.24, 2.45) is 10.4 Å². The predicted octanol–water partition coefficient (Wildman–Crippen LogP) is 2.20. The summed E-state index contributed by atoms with van der Waals surface area (Å²) in [6.45, 7) is 10.7. The van der Waals surface area contributed by atoms with Gasteiger partial charge in [0, 0.05) is 50.5 Å². The molecule has 1 aromatic carbocycles. The van der Waals surface area contributed by atoms with Gasteiger partial charge < -0.3 is 20.4 Å². The molecule has 0 spiro atoms. The van der Waals surface area contributed by atoms with E-state index in [9.17, 15) is 4.79 Å². The number of guanidine groups is 1. The monoisotopic (exact) mass is 379 g/mol. The average Bonchev–Trinajstić information content (AvgIpc) is 2.64. The summed E-state index contributed by atoms with van der Waals surface area (Å²) >= 11 is 6.11. The molecule has 0 saturated carbocycles. The summed E-state index contributed by atoms with van der Waals surface area (Å²) in [6.07, 6.45) is 0. The Morgan fingerprint density at radius 2 is 1.96 bits per heavy atom. The molecule has 6 nitrogen and oxygen atoms in total. The fourth-order valence-electron chi connectivity index (χ4n) is 2.96. The Balaban J connectivity index is 2.01. The van der Waals surface area contributed by atoms with Gasteiger partial charge >= 0.3 is 0 Å². The lowest BCUT2D eigenvalue weighted by molar-refractivity contribution is -0.128. The van der Waals surface area contributed by atoms with Gasteiger partial charge in [0.1, 0.15) is 0 Å². The topological polar surface area (TPSA) is 60.0 Å². The number of aliphatic imine (C=N–C) groups is 1. The summed E-state index contributed by atoms with van der Waals surface area (Å²) in [5.41, 5.74) is 0.623. The van der Waals surface area contributed by atoms with Gasteiger partial charge in [-0.25, -0.2) is 0 Å². The summed E-state index contributed by atoms with van der Waals surface area (Å²) in [7, 11) is 1.66. The lowest BCUT2D eigenvalue weighted by Gasteiger charge is -2.38. The van der Waals surface area contributed by atoms with Gasteiger partial charge in [-0.15, -0.1) is 0 Å². The molecule has 1 heterocycles. The number of anilines is 1. The van der Waals surface area contributed by atoms with Crippen LogP contribution in [0.2, 0.25) is 5.02 Å². The number of hydrogen-bond acceptors (Lipinski definition) is 3. The van der Waals surface area contributed by atoms with Gasteiger partial charge in [0.15, 0.2) is 5.96 Å². The highest BCUT2D eigenvalue weighted by Gasteiger charge is 2.27. The molecule has 1 aliphatic rings. The van der Waals surface area contributed by atoms with Crippen molar-refractivity contribution in [3.63, 3.8) is 0 Å². The molecule has 2 rings (SSSR count). The van der Waals surface area contributed by atoms with E-state index < -0.39 is 5.41 Å². The first-order valence-corrected chi connectivity index (χ1v) is 9.51. The van der Waals surface area contributed by atoms with Gasteiger partial charge in [0.05, 0.1) is 12.0 Å². The fraction of sp³-hybridized carbons (Fsp3) is 0.579.